The molecule has 0 saturated carbocycles. The first-order valence-corrected chi connectivity index (χ1v) is 5.40. The zero-order valence-electron chi connectivity index (χ0n) is 10.6. The smallest absolute Gasteiger partial charge is 0.308 e. The maximum atomic E-state index is 10.9. The summed E-state index contributed by atoms with van der Waals surface area (Å²) >= 11 is 0. The Kier molecular flexibility index (Phi) is 7.01. The Morgan fingerprint density at radius 1 is 1.25 bits per heavy atom. The molecule has 0 radical (unpaired) electrons. The second-order valence-electron chi connectivity index (χ2n) is 3.91. The molecule has 0 fully saturated rings. The number of hydrogen-bond acceptors (Lipinski definition) is 3. The number of methoxy groups -OCH3 is 2. The van der Waals surface area contributed by atoms with Gasteiger partial charge in [-0.3, -0.25) is 4.79 Å². The third-order valence-electron chi connectivity index (χ3n) is 2.85. The number of carboxylic acid groups (broad SMARTS) is 1. The van der Waals surface area contributed by atoms with Crippen molar-refractivity contribution in [2.75, 3.05) is 14.2 Å². The molecule has 0 aromatic heterocycles. The molecule has 0 saturated heterocycles. The summed E-state index contributed by atoms with van der Waals surface area (Å²) in [4.78, 5) is 10.9. The Morgan fingerprint density at radius 3 is 2.12 bits per heavy atom. The zero-order chi connectivity index (χ0) is 12.7. The number of carbonyl (C=O) groups is 1. The highest BCUT2D eigenvalue weighted by molar-refractivity contribution is 5.70. The third kappa shape index (κ3) is 3.94. The molecule has 94 valence electrons. The van der Waals surface area contributed by atoms with E-state index in [1.54, 1.807) is 14.0 Å². The Morgan fingerprint density at radius 2 is 1.81 bits per heavy atom. The van der Waals surface area contributed by atoms with Crippen LogP contribution >= 0.6 is 0 Å². The standard InChI is InChI=1S/C12H22O4/c1-6-7-10(15-4)8(2)11(16-5)9(3)12(13)14/h6-11H,1-5H3,(H,13,14)/b7-6+/t8-,9+,10-,11+/m0/s1. The maximum Gasteiger partial charge on any atom is 0.308 e. The summed E-state index contributed by atoms with van der Waals surface area (Å²) in [6, 6.07) is 0. The fraction of sp³-hybridized carbons (Fsp3) is 0.750. The van der Waals surface area contributed by atoms with Crippen molar-refractivity contribution >= 4 is 5.97 Å². The number of ether oxygens (including phenoxy) is 2. The van der Waals surface area contributed by atoms with Crippen molar-refractivity contribution in [2.45, 2.75) is 33.0 Å². The summed E-state index contributed by atoms with van der Waals surface area (Å²) in [5.74, 6) is -1.42. The van der Waals surface area contributed by atoms with Gasteiger partial charge in [0, 0.05) is 20.1 Å². The molecule has 0 aromatic rings. The van der Waals surface area contributed by atoms with Crippen molar-refractivity contribution in [3.8, 4) is 0 Å². The third-order valence-corrected chi connectivity index (χ3v) is 2.85. The van der Waals surface area contributed by atoms with Gasteiger partial charge in [0.1, 0.15) is 0 Å². The van der Waals surface area contributed by atoms with Crippen LogP contribution in [0.5, 0.6) is 0 Å². The molecular weight excluding hydrogens is 208 g/mol. The van der Waals surface area contributed by atoms with Crippen LogP contribution in [0.25, 0.3) is 0 Å². The van der Waals surface area contributed by atoms with E-state index in [0.717, 1.165) is 0 Å². The highest BCUT2D eigenvalue weighted by atomic mass is 16.5. The van der Waals surface area contributed by atoms with Gasteiger partial charge < -0.3 is 14.6 Å². The average Bonchev–Trinajstić information content (AvgIpc) is 2.26. The van der Waals surface area contributed by atoms with E-state index in [4.69, 9.17) is 14.6 Å². The van der Waals surface area contributed by atoms with Crippen LogP contribution in [0.15, 0.2) is 12.2 Å². The Labute approximate surface area is 97.2 Å². The van der Waals surface area contributed by atoms with Crippen LogP contribution in [-0.4, -0.2) is 37.5 Å². The largest absolute Gasteiger partial charge is 0.481 e. The van der Waals surface area contributed by atoms with Gasteiger partial charge in [0.15, 0.2) is 0 Å². The van der Waals surface area contributed by atoms with Crippen LogP contribution in [0, 0.1) is 11.8 Å². The second kappa shape index (κ2) is 7.41. The van der Waals surface area contributed by atoms with Crippen molar-refractivity contribution in [3.05, 3.63) is 12.2 Å². The first-order chi connectivity index (χ1) is 7.49. The lowest BCUT2D eigenvalue weighted by Crippen LogP contribution is -2.38. The van der Waals surface area contributed by atoms with E-state index in [1.807, 2.05) is 26.0 Å². The van der Waals surface area contributed by atoms with Gasteiger partial charge >= 0.3 is 5.97 Å². The van der Waals surface area contributed by atoms with Gasteiger partial charge in [-0.2, -0.15) is 0 Å². The number of hydrogen-bond donors (Lipinski definition) is 1. The molecule has 0 aliphatic carbocycles. The zero-order valence-corrected chi connectivity index (χ0v) is 10.6. The fourth-order valence-electron chi connectivity index (χ4n) is 1.86. The van der Waals surface area contributed by atoms with Crippen LogP contribution in [0.1, 0.15) is 20.8 Å². The quantitative estimate of drug-likeness (QED) is 0.679. The lowest BCUT2D eigenvalue weighted by Gasteiger charge is -2.30. The molecule has 0 unspecified atom stereocenters. The predicted octanol–water partition coefficient (Wildman–Crippen LogP) is 1.95. The van der Waals surface area contributed by atoms with Crippen molar-refractivity contribution < 1.29 is 19.4 Å². The second-order valence-corrected chi connectivity index (χ2v) is 3.91. The Balaban J connectivity index is 4.74. The molecule has 1 N–H and O–H groups in total. The van der Waals surface area contributed by atoms with Crippen LogP contribution < -0.4 is 0 Å². The van der Waals surface area contributed by atoms with Crippen LogP contribution in [0.3, 0.4) is 0 Å². The van der Waals surface area contributed by atoms with Gasteiger partial charge in [-0.25, -0.2) is 0 Å². The fourth-order valence-corrected chi connectivity index (χ4v) is 1.86. The van der Waals surface area contributed by atoms with Crippen molar-refractivity contribution in [1.82, 2.24) is 0 Å². The van der Waals surface area contributed by atoms with Crippen molar-refractivity contribution in [2.24, 2.45) is 11.8 Å². The Hall–Kier alpha value is -0.870. The minimum absolute atomic E-state index is 0.0164. The maximum absolute atomic E-state index is 10.9. The van der Waals surface area contributed by atoms with Crippen molar-refractivity contribution in [1.29, 1.82) is 0 Å². The molecule has 0 spiro atoms. The van der Waals surface area contributed by atoms with Gasteiger partial charge in [-0.1, -0.05) is 19.1 Å². The first-order valence-electron chi connectivity index (χ1n) is 5.40. The van der Waals surface area contributed by atoms with Gasteiger partial charge in [-0.15, -0.1) is 0 Å². The normalized spacial score (nSPS) is 19.3. The van der Waals surface area contributed by atoms with Gasteiger partial charge in [0.25, 0.3) is 0 Å². The topological polar surface area (TPSA) is 55.8 Å². The molecule has 4 nitrogen and oxygen atoms in total. The van der Waals surface area contributed by atoms with Crippen LogP contribution in [0.2, 0.25) is 0 Å². The first kappa shape index (κ1) is 15.1. The van der Waals surface area contributed by atoms with E-state index in [2.05, 4.69) is 0 Å². The summed E-state index contributed by atoms with van der Waals surface area (Å²) in [7, 11) is 3.14. The van der Waals surface area contributed by atoms with Gasteiger partial charge in [0.2, 0.25) is 0 Å². The summed E-state index contributed by atoms with van der Waals surface area (Å²) in [6.07, 6.45) is 3.31. The monoisotopic (exact) mass is 230 g/mol. The summed E-state index contributed by atoms with van der Waals surface area (Å²) in [5, 5.41) is 8.98. The minimum atomic E-state index is -0.853. The van der Waals surface area contributed by atoms with E-state index in [9.17, 15) is 4.79 Å². The lowest BCUT2D eigenvalue weighted by molar-refractivity contribution is -0.148. The molecule has 4 atom stereocenters. The van der Waals surface area contributed by atoms with Gasteiger partial charge in [0.05, 0.1) is 18.1 Å². The van der Waals surface area contributed by atoms with E-state index in [1.165, 1.54) is 7.11 Å². The predicted molar refractivity (Wildman–Crippen MR) is 62.4 cm³/mol. The molecule has 0 bridgehead atoms. The summed E-state index contributed by atoms with van der Waals surface area (Å²) in [6.45, 7) is 5.48. The summed E-state index contributed by atoms with van der Waals surface area (Å²) < 4.78 is 10.6. The van der Waals surface area contributed by atoms with Gasteiger partial charge in [-0.05, 0) is 13.8 Å². The van der Waals surface area contributed by atoms with E-state index in [0.29, 0.717) is 0 Å². The molecule has 0 rings (SSSR count). The molecule has 16 heavy (non-hydrogen) atoms. The highest BCUT2D eigenvalue weighted by Crippen LogP contribution is 2.22. The van der Waals surface area contributed by atoms with Crippen molar-refractivity contribution in [3.63, 3.8) is 0 Å². The van der Waals surface area contributed by atoms with Crippen LogP contribution in [-0.2, 0) is 14.3 Å². The number of rotatable bonds is 7. The van der Waals surface area contributed by atoms with E-state index in [-0.39, 0.29) is 18.1 Å². The number of carboxylic acids is 1. The molecule has 0 aliphatic rings. The molecule has 0 aliphatic heterocycles. The molecule has 0 aromatic carbocycles. The van der Waals surface area contributed by atoms with E-state index < -0.39 is 11.9 Å². The number of allylic oxidation sites excluding steroid dienone is 1. The average molecular weight is 230 g/mol. The van der Waals surface area contributed by atoms with Crippen LogP contribution in [0.4, 0.5) is 0 Å². The Bertz CT molecular complexity index is 237. The molecule has 0 amide bonds. The van der Waals surface area contributed by atoms with E-state index >= 15 is 0 Å². The molecular formula is C12H22O4. The summed E-state index contributed by atoms with van der Waals surface area (Å²) in [5.41, 5.74) is 0. The molecule has 0 heterocycles. The number of aliphatic carboxylic acids is 1. The highest BCUT2D eigenvalue weighted by Gasteiger charge is 2.32. The minimum Gasteiger partial charge on any atom is -0.481 e. The lowest BCUT2D eigenvalue weighted by atomic mass is 9.89. The SMILES string of the molecule is C/C=C/[C@H](OC)[C@H](C)[C@@H](OC)[C@@H](C)C(=O)O. The molecule has 4 heteroatoms.